The normalized spacial score (nSPS) is 17.6. The Morgan fingerprint density at radius 2 is 2.04 bits per heavy atom. The van der Waals surface area contributed by atoms with Crippen molar-refractivity contribution < 1.29 is 18.7 Å². The molecule has 1 atom stereocenters. The molecule has 1 fully saturated rings. The van der Waals surface area contributed by atoms with Crippen LogP contribution in [0, 0.1) is 11.7 Å². The van der Waals surface area contributed by atoms with E-state index in [2.05, 4.69) is 10.6 Å². The van der Waals surface area contributed by atoms with Gasteiger partial charge in [-0.25, -0.2) is 4.39 Å². The van der Waals surface area contributed by atoms with Gasteiger partial charge in [-0.3, -0.25) is 9.59 Å². The fourth-order valence-corrected chi connectivity index (χ4v) is 2.50. The van der Waals surface area contributed by atoms with Crippen LogP contribution in [0.15, 0.2) is 24.3 Å². The second kappa shape index (κ2) is 8.59. The van der Waals surface area contributed by atoms with Gasteiger partial charge in [-0.2, -0.15) is 0 Å². The average Bonchev–Trinajstić information content (AvgIpc) is 2.93. The van der Waals surface area contributed by atoms with Gasteiger partial charge < -0.3 is 20.3 Å². The van der Waals surface area contributed by atoms with Crippen LogP contribution in [0.4, 0.5) is 10.1 Å². The fraction of sp³-hybridized carbons (Fsp3) is 0.500. The molecule has 1 saturated heterocycles. The number of nitrogens with one attached hydrogen (secondary N) is 2. The molecule has 1 aromatic rings. The Balaban J connectivity index is 1.79. The number of ether oxygens (including phenoxy) is 1. The summed E-state index contributed by atoms with van der Waals surface area (Å²) in [7, 11) is 1.63. The van der Waals surface area contributed by atoms with E-state index in [1.807, 2.05) is 0 Å². The predicted molar refractivity (Wildman–Crippen MR) is 84.6 cm³/mol. The number of rotatable bonds is 8. The second-order valence-corrected chi connectivity index (χ2v) is 5.34. The zero-order valence-corrected chi connectivity index (χ0v) is 13.2. The van der Waals surface area contributed by atoms with Crippen molar-refractivity contribution in [1.82, 2.24) is 10.6 Å². The number of anilines is 1. The van der Waals surface area contributed by atoms with Gasteiger partial charge >= 0.3 is 0 Å². The zero-order chi connectivity index (χ0) is 16.7. The molecule has 126 valence electrons. The number of halogens is 1. The molecule has 0 aliphatic carbocycles. The van der Waals surface area contributed by atoms with Crippen molar-refractivity contribution in [3.8, 4) is 0 Å². The van der Waals surface area contributed by atoms with Gasteiger partial charge in [0.2, 0.25) is 11.8 Å². The molecule has 0 aromatic heterocycles. The van der Waals surface area contributed by atoms with E-state index in [0.29, 0.717) is 44.9 Å². The molecular weight excluding hydrogens is 301 g/mol. The first kappa shape index (κ1) is 17.4. The Morgan fingerprint density at radius 1 is 1.30 bits per heavy atom. The monoisotopic (exact) mass is 323 g/mol. The fourth-order valence-electron chi connectivity index (χ4n) is 2.50. The van der Waals surface area contributed by atoms with Crippen LogP contribution < -0.4 is 15.5 Å². The number of hydrogen-bond acceptors (Lipinski definition) is 4. The molecule has 23 heavy (non-hydrogen) atoms. The highest BCUT2D eigenvalue weighted by Gasteiger charge is 2.37. The Bertz CT molecular complexity index is 536. The largest absolute Gasteiger partial charge is 0.383 e. The van der Waals surface area contributed by atoms with E-state index >= 15 is 0 Å². The molecule has 1 aromatic carbocycles. The van der Waals surface area contributed by atoms with Gasteiger partial charge in [0.1, 0.15) is 11.7 Å². The Morgan fingerprint density at radius 3 is 2.74 bits per heavy atom. The van der Waals surface area contributed by atoms with Crippen LogP contribution in [0.2, 0.25) is 0 Å². The van der Waals surface area contributed by atoms with Crippen molar-refractivity contribution >= 4 is 17.5 Å². The van der Waals surface area contributed by atoms with Gasteiger partial charge in [0, 0.05) is 39.0 Å². The van der Waals surface area contributed by atoms with Crippen LogP contribution in [0.3, 0.4) is 0 Å². The Kier molecular flexibility index (Phi) is 6.49. The number of nitrogens with zero attached hydrogens (tertiary/aromatic N) is 1. The molecule has 1 aliphatic heterocycles. The quantitative estimate of drug-likeness (QED) is 0.541. The molecule has 1 unspecified atom stereocenters. The molecule has 0 bridgehead atoms. The van der Waals surface area contributed by atoms with Gasteiger partial charge in [-0.1, -0.05) is 0 Å². The number of carbonyl (C=O) groups is 2. The second-order valence-electron chi connectivity index (χ2n) is 5.34. The summed E-state index contributed by atoms with van der Waals surface area (Å²) in [4.78, 5) is 26.0. The topological polar surface area (TPSA) is 70.7 Å². The summed E-state index contributed by atoms with van der Waals surface area (Å²) in [6, 6.07) is 5.71. The third-order valence-electron chi connectivity index (χ3n) is 3.74. The highest BCUT2D eigenvalue weighted by atomic mass is 19.1. The molecule has 0 saturated carbocycles. The highest BCUT2D eigenvalue weighted by Crippen LogP contribution is 2.25. The molecule has 2 N–H and O–H groups in total. The lowest BCUT2D eigenvalue weighted by Gasteiger charge is -2.16. The lowest BCUT2D eigenvalue weighted by Crippen LogP contribution is -2.39. The summed E-state index contributed by atoms with van der Waals surface area (Å²) in [5.41, 5.74) is 0.618. The predicted octanol–water partition coefficient (Wildman–Crippen LogP) is 0.531. The minimum atomic E-state index is -0.668. The zero-order valence-electron chi connectivity index (χ0n) is 13.2. The molecule has 6 nitrogen and oxygen atoms in total. The van der Waals surface area contributed by atoms with Crippen LogP contribution in [-0.2, 0) is 14.3 Å². The molecule has 0 radical (unpaired) electrons. The van der Waals surface area contributed by atoms with Crippen molar-refractivity contribution in [2.75, 3.05) is 44.8 Å². The van der Waals surface area contributed by atoms with Crippen molar-refractivity contribution in [2.24, 2.45) is 5.92 Å². The number of amides is 2. The van der Waals surface area contributed by atoms with E-state index in [-0.39, 0.29) is 17.6 Å². The van der Waals surface area contributed by atoms with Gasteiger partial charge in [-0.05, 0) is 30.7 Å². The van der Waals surface area contributed by atoms with Gasteiger partial charge in [0.15, 0.2) is 0 Å². The summed E-state index contributed by atoms with van der Waals surface area (Å²) in [6.07, 6.45) is 0.471. The van der Waals surface area contributed by atoms with E-state index in [4.69, 9.17) is 4.74 Å². The maximum absolute atomic E-state index is 12.9. The van der Waals surface area contributed by atoms with E-state index in [1.165, 1.54) is 17.0 Å². The summed E-state index contributed by atoms with van der Waals surface area (Å²) in [5.74, 6) is -1.51. The van der Waals surface area contributed by atoms with Crippen molar-refractivity contribution in [3.05, 3.63) is 30.1 Å². The molecule has 1 aliphatic rings. The molecular formula is C16H22FN3O3. The number of benzene rings is 1. The van der Waals surface area contributed by atoms with Crippen LogP contribution in [0.5, 0.6) is 0 Å². The first-order valence-electron chi connectivity index (χ1n) is 7.68. The van der Waals surface area contributed by atoms with Crippen molar-refractivity contribution in [1.29, 1.82) is 0 Å². The minimum Gasteiger partial charge on any atom is -0.383 e. The minimum absolute atomic E-state index is 0.235. The van der Waals surface area contributed by atoms with Gasteiger partial charge in [0.05, 0.1) is 6.61 Å². The van der Waals surface area contributed by atoms with Crippen LogP contribution >= 0.6 is 0 Å². The maximum Gasteiger partial charge on any atom is 0.239 e. The van der Waals surface area contributed by atoms with Gasteiger partial charge in [0.25, 0.3) is 0 Å². The molecule has 2 rings (SSSR count). The van der Waals surface area contributed by atoms with Crippen molar-refractivity contribution in [2.45, 2.75) is 6.42 Å². The van der Waals surface area contributed by atoms with Gasteiger partial charge in [-0.15, -0.1) is 0 Å². The molecule has 0 spiro atoms. The highest BCUT2D eigenvalue weighted by molar-refractivity contribution is 6.09. The Hall–Kier alpha value is -1.99. The number of carbonyl (C=O) groups excluding carboxylic acids is 2. The third-order valence-corrected chi connectivity index (χ3v) is 3.74. The first-order valence-corrected chi connectivity index (χ1v) is 7.68. The molecule has 7 heteroatoms. The third kappa shape index (κ3) is 4.74. The Labute approximate surface area is 135 Å². The summed E-state index contributed by atoms with van der Waals surface area (Å²) >= 11 is 0. The molecule has 2 amide bonds. The lowest BCUT2D eigenvalue weighted by molar-refractivity contribution is -0.132. The smallest absolute Gasteiger partial charge is 0.239 e. The standard InChI is InChI=1S/C16H22FN3O3/c1-23-11-9-18-7-8-19-15(21)14-6-10-20(16(14)22)13-4-2-12(17)3-5-13/h2-5,14,18H,6-11H2,1H3,(H,19,21). The number of methoxy groups -OCH3 is 1. The summed E-state index contributed by atoms with van der Waals surface area (Å²) in [6.45, 7) is 2.88. The van der Waals surface area contributed by atoms with E-state index in [0.717, 1.165) is 0 Å². The van der Waals surface area contributed by atoms with Crippen LogP contribution in [0.25, 0.3) is 0 Å². The van der Waals surface area contributed by atoms with E-state index in [1.54, 1.807) is 19.2 Å². The number of hydrogen-bond donors (Lipinski definition) is 2. The lowest BCUT2D eigenvalue weighted by atomic mass is 10.1. The van der Waals surface area contributed by atoms with Crippen LogP contribution in [-0.4, -0.2) is 51.7 Å². The van der Waals surface area contributed by atoms with Crippen LogP contribution in [0.1, 0.15) is 6.42 Å². The summed E-state index contributed by atoms with van der Waals surface area (Å²) < 4.78 is 17.8. The van der Waals surface area contributed by atoms with E-state index < -0.39 is 5.92 Å². The average molecular weight is 323 g/mol. The summed E-state index contributed by atoms with van der Waals surface area (Å²) in [5, 5.41) is 5.88. The first-order chi connectivity index (χ1) is 11.1. The molecule has 1 heterocycles. The SMILES string of the molecule is COCCNCCNC(=O)C1CCN(c2ccc(F)cc2)C1=O. The van der Waals surface area contributed by atoms with E-state index in [9.17, 15) is 14.0 Å². The van der Waals surface area contributed by atoms with Crippen molar-refractivity contribution in [3.63, 3.8) is 0 Å². The maximum atomic E-state index is 12.9.